The van der Waals surface area contributed by atoms with E-state index in [1.807, 2.05) is 0 Å². The zero-order chi connectivity index (χ0) is 11.8. The molecular weight excluding hydrogens is 212 g/mol. The Hall–Kier alpha value is -0.120. The molecule has 1 aliphatic carbocycles. The molecule has 98 valence electrons. The number of piperidine rings is 1. The second-order valence-electron chi connectivity index (χ2n) is 6.25. The van der Waals surface area contributed by atoms with Crippen LogP contribution in [0.15, 0.2) is 0 Å². The molecule has 0 aromatic carbocycles. The Balaban J connectivity index is 1.62. The van der Waals surface area contributed by atoms with Gasteiger partial charge < -0.3 is 10.4 Å². The first-order valence-corrected chi connectivity index (χ1v) is 7.40. The highest BCUT2D eigenvalue weighted by Gasteiger charge is 2.43. The van der Waals surface area contributed by atoms with Crippen molar-refractivity contribution in [3.63, 3.8) is 0 Å². The van der Waals surface area contributed by atoms with E-state index < -0.39 is 0 Å². The molecular formula is C14H26N2O. The van der Waals surface area contributed by atoms with E-state index >= 15 is 0 Å². The van der Waals surface area contributed by atoms with Crippen LogP contribution in [-0.2, 0) is 0 Å². The van der Waals surface area contributed by atoms with Crippen LogP contribution < -0.4 is 5.32 Å². The van der Waals surface area contributed by atoms with Crippen LogP contribution in [0.4, 0.5) is 0 Å². The fraction of sp³-hybridized carbons (Fsp3) is 1.00. The lowest BCUT2D eigenvalue weighted by Crippen LogP contribution is -2.52. The Morgan fingerprint density at radius 1 is 0.882 bits per heavy atom. The maximum absolute atomic E-state index is 9.85. The van der Waals surface area contributed by atoms with Gasteiger partial charge in [-0.25, -0.2) is 0 Å². The first kappa shape index (κ1) is 11.9. The SMILES string of the molecule is CNC1CCC(N2C3CCC2CC(O)C3)CC1. The molecule has 3 nitrogen and oxygen atoms in total. The van der Waals surface area contributed by atoms with Gasteiger partial charge in [-0.2, -0.15) is 0 Å². The summed E-state index contributed by atoms with van der Waals surface area (Å²) in [5.41, 5.74) is 0. The molecule has 2 bridgehead atoms. The van der Waals surface area contributed by atoms with Crippen LogP contribution in [0.1, 0.15) is 51.4 Å². The maximum atomic E-state index is 9.85. The van der Waals surface area contributed by atoms with Crippen molar-refractivity contribution in [2.45, 2.75) is 81.6 Å². The van der Waals surface area contributed by atoms with Gasteiger partial charge >= 0.3 is 0 Å². The van der Waals surface area contributed by atoms with Crippen LogP contribution in [-0.4, -0.2) is 47.3 Å². The number of nitrogens with one attached hydrogen (secondary N) is 1. The Labute approximate surface area is 105 Å². The zero-order valence-electron chi connectivity index (χ0n) is 10.9. The first-order valence-electron chi connectivity index (χ1n) is 7.40. The highest BCUT2D eigenvalue weighted by Crippen LogP contribution is 2.40. The molecule has 2 unspecified atom stereocenters. The van der Waals surface area contributed by atoms with E-state index in [2.05, 4.69) is 17.3 Å². The van der Waals surface area contributed by atoms with Crippen molar-refractivity contribution in [1.82, 2.24) is 10.2 Å². The van der Waals surface area contributed by atoms with Gasteiger partial charge in [-0.15, -0.1) is 0 Å². The summed E-state index contributed by atoms with van der Waals surface area (Å²) in [6, 6.07) is 2.95. The standard InChI is InChI=1S/C14H26N2O/c1-15-10-2-4-11(5-3-10)16-12-6-7-13(16)9-14(17)8-12/h10-15,17H,2-9H2,1H3. The number of hydrogen-bond donors (Lipinski definition) is 2. The molecule has 1 saturated carbocycles. The average molecular weight is 238 g/mol. The molecule has 2 atom stereocenters. The van der Waals surface area contributed by atoms with Crippen molar-refractivity contribution in [1.29, 1.82) is 0 Å². The van der Waals surface area contributed by atoms with E-state index in [9.17, 15) is 5.11 Å². The molecule has 2 aliphatic heterocycles. The first-order chi connectivity index (χ1) is 8.28. The van der Waals surface area contributed by atoms with Crippen molar-refractivity contribution in [3.8, 4) is 0 Å². The smallest absolute Gasteiger partial charge is 0.0570 e. The maximum Gasteiger partial charge on any atom is 0.0570 e. The molecule has 0 amide bonds. The highest BCUT2D eigenvalue weighted by molar-refractivity contribution is 4.99. The number of rotatable bonds is 2. The fourth-order valence-corrected chi connectivity index (χ4v) is 4.44. The third-order valence-corrected chi connectivity index (χ3v) is 5.29. The van der Waals surface area contributed by atoms with E-state index in [-0.39, 0.29) is 6.10 Å². The molecule has 0 radical (unpaired) electrons. The van der Waals surface area contributed by atoms with Gasteiger partial charge in [0.2, 0.25) is 0 Å². The minimum atomic E-state index is -0.0163. The normalized spacial score (nSPS) is 47.3. The quantitative estimate of drug-likeness (QED) is 0.765. The number of hydrogen-bond acceptors (Lipinski definition) is 3. The third-order valence-electron chi connectivity index (χ3n) is 5.29. The van der Waals surface area contributed by atoms with Gasteiger partial charge in [0.15, 0.2) is 0 Å². The summed E-state index contributed by atoms with van der Waals surface area (Å²) in [7, 11) is 2.09. The molecule has 0 spiro atoms. The van der Waals surface area contributed by atoms with Crippen LogP contribution in [0.25, 0.3) is 0 Å². The second-order valence-corrected chi connectivity index (χ2v) is 6.25. The minimum Gasteiger partial charge on any atom is -0.393 e. The lowest BCUT2D eigenvalue weighted by atomic mass is 9.87. The lowest BCUT2D eigenvalue weighted by molar-refractivity contribution is -0.00124. The average Bonchev–Trinajstić information content (AvgIpc) is 2.62. The van der Waals surface area contributed by atoms with Gasteiger partial charge in [-0.05, 0) is 58.4 Å². The second kappa shape index (κ2) is 4.87. The fourth-order valence-electron chi connectivity index (χ4n) is 4.44. The summed E-state index contributed by atoms with van der Waals surface area (Å²) in [4.78, 5) is 2.79. The van der Waals surface area contributed by atoms with Gasteiger partial charge in [-0.3, -0.25) is 4.90 Å². The van der Waals surface area contributed by atoms with E-state index in [0.717, 1.165) is 24.9 Å². The monoisotopic (exact) mass is 238 g/mol. The summed E-state index contributed by atoms with van der Waals surface area (Å²) >= 11 is 0. The van der Waals surface area contributed by atoms with E-state index in [0.29, 0.717) is 12.1 Å². The Kier molecular flexibility index (Phi) is 3.42. The predicted molar refractivity (Wildman–Crippen MR) is 69.0 cm³/mol. The summed E-state index contributed by atoms with van der Waals surface area (Å²) in [6.07, 6.45) is 10.1. The van der Waals surface area contributed by atoms with Crippen LogP contribution in [0.2, 0.25) is 0 Å². The van der Waals surface area contributed by atoms with Gasteiger partial charge in [0.25, 0.3) is 0 Å². The van der Waals surface area contributed by atoms with E-state index in [1.165, 1.54) is 38.5 Å². The van der Waals surface area contributed by atoms with Crippen LogP contribution >= 0.6 is 0 Å². The molecule has 3 rings (SSSR count). The molecule has 2 N–H and O–H groups in total. The number of nitrogens with zero attached hydrogens (tertiary/aromatic N) is 1. The Morgan fingerprint density at radius 2 is 1.41 bits per heavy atom. The molecule has 3 fully saturated rings. The van der Waals surface area contributed by atoms with Crippen molar-refractivity contribution in [3.05, 3.63) is 0 Å². The van der Waals surface area contributed by atoms with Gasteiger partial charge in [-0.1, -0.05) is 0 Å². The lowest BCUT2D eigenvalue weighted by Gasteiger charge is -2.45. The molecule has 3 aliphatic rings. The predicted octanol–water partition coefficient (Wildman–Crippen LogP) is 1.50. The zero-order valence-corrected chi connectivity index (χ0v) is 10.9. The number of fused-ring (bicyclic) bond motifs is 2. The van der Waals surface area contributed by atoms with Gasteiger partial charge in [0, 0.05) is 24.2 Å². The van der Waals surface area contributed by atoms with E-state index in [1.54, 1.807) is 0 Å². The molecule has 3 heteroatoms. The van der Waals surface area contributed by atoms with Crippen molar-refractivity contribution in [2.75, 3.05) is 7.05 Å². The van der Waals surface area contributed by atoms with E-state index in [4.69, 9.17) is 0 Å². The molecule has 2 saturated heterocycles. The largest absolute Gasteiger partial charge is 0.393 e. The van der Waals surface area contributed by atoms with Crippen LogP contribution in [0, 0.1) is 0 Å². The summed E-state index contributed by atoms with van der Waals surface area (Å²) in [5.74, 6) is 0. The molecule has 17 heavy (non-hydrogen) atoms. The van der Waals surface area contributed by atoms with Gasteiger partial charge in [0.05, 0.1) is 6.10 Å². The number of aliphatic hydroxyl groups excluding tert-OH is 1. The molecule has 0 aromatic rings. The summed E-state index contributed by atoms with van der Waals surface area (Å²) in [6.45, 7) is 0. The Morgan fingerprint density at radius 3 is 1.94 bits per heavy atom. The van der Waals surface area contributed by atoms with Crippen molar-refractivity contribution < 1.29 is 5.11 Å². The third kappa shape index (κ3) is 2.25. The topological polar surface area (TPSA) is 35.5 Å². The molecule has 2 heterocycles. The molecule has 0 aromatic heterocycles. The Bertz CT molecular complexity index is 249. The highest BCUT2D eigenvalue weighted by atomic mass is 16.3. The minimum absolute atomic E-state index is 0.0163. The number of aliphatic hydroxyl groups is 1. The van der Waals surface area contributed by atoms with Crippen LogP contribution in [0.5, 0.6) is 0 Å². The summed E-state index contributed by atoms with van der Waals surface area (Å²) in [5, 5.41) is 13.3. The summed E-state index contributed by atoms with van der Waals surface area (Å²) < 4.78 is 0. The van der Waals surface area contributed by atoms with Crippen LogP contribution in [0.3, 0.4) is 0 Å². The van der Waals surface area contributed by atoms with Crippen molar-refractivity contribution >= 4 is 0 Å². The van der Waals surface area contributed by atoms with Gasteiger partial charge in [0.1, 0.15) is 0 Å². The van der Waals surface area contributed by atoms with Crippen molar-refractivity contribution in [2.24, 2.45) is 0 Å².